The van der Waals surface area contributed by atoms with E-state index in [9.17, 15) is 0 Å². The molecule has 0 aliphatic heterocycles. The molecular weight excluding hydrogens is 476 g/mol. The van der Waals surface area contributed by atoms with E-state index in [4.69, 9.17) is 0 Å². The molecule has 0 spiro atoms. The van der Waals surface area contributed by atoms with Gasteiger partial charge in [-0.25, -0.2) is 0 Å². The first-order valence-electron chi connectivity index (χ1n) is 11.3. The second-order valence-electron chi connectivity index (χ2n) is 8.40. The van der Waals surface area contributed by atoms with Crippen molar-refractivity contribution in [2.75, 3.05) is 0 Å². The summed E-state index contributed by atoms with van der Waals surface area (Å²) in [5, 5.41) is 0. The first kappa shape index (κ1) is 32.3. The van der Waals surface area contributed by atoms with Crippen LogP contribution in [0.25, 0.3) is 0 Å². The van der Waals surface area contributed by atoms with Crippen LogP contribution in [0.15, 0.2) is 60.7 Å². The van der Waals surface area contributed by atoms with Crippen LogP contribution in [-0.2, 0) is 26.2 Å². The van der Waals surface area contributed by atoms with Crippen LogP contribution in [0.5, 0.6) is 0 Å². The first-order chi connectivity index (χ1) is 15.1. The molecule has 2 fully saturated rings. The minimum Gasteiger partial charge on any atom is -0.184 e. The number of hydrogen-bond acceptors (Lipinski definition) is 0. The zero-order valence-electron chi connectivity index (χ0n) is 22.3. The Labute approximate surface area is 226 Å². The van der Waals surface area contributed by atoms with Crippen molar-refractivity contribution in [3.05, 3.63) is 132 Å². The maximum atomic E-state index is 2.89. The molecule has 0 bridgehead atoms. The van der Waals surface area contributed by atoms with Crippen LogP contribution in [0.2, 0.25) is 0 Å². The molecule has 0 saturated heterocycles. The zero-order valence-corrected chi connectivity index (χ0v) is 24.7. The molecule has 170 valence electrons. The van der Waals surface area contributed by atoms with E-state index in [0.29, 0.717) is 0 Å². The third-order valence-electron chi connectivity index (χ3n) is 6.84. The van der Waals surface area contributed by atoms with Gasteiger partial charge in [0.05, 0.1) is 0 Å². The Bertz CT molecular complexity index is 480. The molecule has 0 nitrogen and oxygen atoms in total. The second-order valence-corrected chi connectivity index (χ2v) is 8.40. The smallest absolute Gasteiger partial charge is 0.184 e. The maximum Gasteiger partial charge on any atom is 4.00 e. The SMILES string of the molecule is C[C]1[C](C)[C](C)[C](C)[C]1C.C[C]1[C](C)[C](C)[C](C)[C]1C.[Zr+4].[c-]1ccccc1.[c-]1ccccc1. The Morgan fingerprint density at radius 3 is 0.515 bits per heavy atom. The van der Waals surface area contributed by atoms with Crippen LogP contribution in [0.3, 0.4) is 0 Å². The molecule has 2 aromatic rings. The summed E-state index contributed by atoms with van der Waals surface area (Å²) in [5.74, 6) is 14.7. The normalized spacial score (nSPS) is 20.2. The Morgan fingerprint density at radius 1 is 0.303 bits per heavy atom. The summed E-state index contributed by atoms with van der Waals surface area (Å²) in [6.45, 7) is 22.0. The van der Waals surface area contributed by atoms with Gasteiger partial charge in [0, 0.05) is 0 Å². The van der Waals surface area contributed by atoms with Gasteiger partial charge in [0.1, 0.15) is 0 Å². The summed E-state index contributed by atoms with van der Waals surface area (Å²) in [6, 6.07) is 25.0. The van der Waals surface area contributed by atoms with Gasteiger partial charge in [-0.1, -0.05) is 69.2 Å². The van der Waals surface area contributed by atoms with Crippen LogP contribution >= 0.6 is 0 Å². The minimum atomic E-state index is 0. The third kappa shape index (κ3) is 10.2. The van der Waals surface area contributed by atoms with E-state index in [1.165, 1.54) is 59.2 Å². The zero-order chi connectivity index (χ0) is 24.3. The summed E-state index contributed by atoms with van der Waals surface area (Å²) in [4.78, 5) is 0. The Balaban J connectivity index is 0.000000420. The van der Waals surface area contributed by atoms with Crippen molar-refractivity contribution in [2.24, 2.45) is 0 Å². The van der Waals surface area contributed by atoms with Crippen molar-refractivity contribution in [2.45, 2.75) is 69.2 Å². The molecule has 33 heavy (non-hydrogen) atoms. The molecule has 0 atom stereocenters. The molecule has 4 rings (SSSR count). The Hall–Kier alpha value is -0.677. The van der Waals surface area contributed by atoms with Gasteiger partial charge in [-0.05, 0) is 59.2 Å². The fourth-order valence-corrected chi connectivity index (χ4v) is 3.50. The van der Waals surface area contributed by atoms with Crippen molar-refractivity contribution in [1.82, 2.24) is 0 Å². The predicted molar refractivity (Wildman–Crippen MR) is 140 cm³/mol. The van der Waals surface area contributed by atoms with Gasteiger partial charge in [-0.15, -0.1) is 0 Å². The quantitative estimate of drug-likeness (QED) is 0.307. The van der Waals surface area contributed by atoms with Crippen LogP contribution in [-0.4, -0.2) is 0 Å². The van der Waals surface area contributed by atoms with E-state index < -0.39 is 0 Å². The Kier molecular flexibility index (Phi) is 16.5. The summed E-state index contributed by atoms with van der Waals surface area (Å²) in [7, 11) is 0. The van der Waals surface area contributed by atoms with Crippen molar-refractivity contribution < 1.29 is 26.2 Å². The first-order valence-corrected chi connectivity index (χ1v) is 11.3. The number of hydrogen-bond donors (Lipinski definition) is 0. The molecule has 1 heteroatoms. The number of rotatable bonds is 0. The van der Waals surface area contributed by atoms with E-state index in [1.807, 2.05) is 60.7 Å². The molecule has 0 heterocycles. The fourth-order valence-electron chi connectivity index (χ4n) is 3.50. The van der Waals surface area contributed by atoms with E-state index >= 15 is 0 Å². The fraction of sp³-hybridized carbons (Fsp3) is 0.312. The van der Waals surface area contributed by atoms with Crippen LogP contribution in [0.1, 0.15) is 69.2 Å². The molecule has 10 radical (unpaired) electrons. The van der Waals surface area contributed by atoms with Gasteiger partial charge in [0.15, 0.2) is 0 Å². The van der Waals surface area contributed by atoms with E-state index in [1.54, 1.807) is 0 Å². The van der Waals surface area contributed by atoms with E-state index in [0.717, 1.165) is 0 Å². The van der Waals surface area contributed by atoms with Gasteiger partial charge in [0.25, 0.3) is 0 Å². The van der Waals surface area contributed by atoms with Crippen molar-refractivity contribution >= 4 is 0 Å². The van der Waals surface area contributed by atoms with Crippen molar-refractivity contribution in [3.63, 3.8) is 0 Å². The standard InChI is InChI=1S/2C10H15.2C6H5.Zr/c2*1-6-7(2)9(4)10(5)8(6)3;2*1-2-4-6-5-3-1;/h2*1-5H3;2*1-5H;/q;;2*-1;+4. The molecule has 2 aliphatic rings. The minimum absolute atomic E-state index is 0. The van der Waals surface area contributed by atoms with Crippen molar-refractivity contribution in [1.29, 1.82) is 0 Å². The molecular formula is C32H40Zr+2. The van der Waals surface area contributed by atoms with Crippen molar-refractivity contribution in [3.8, 4) is 0 Å². The molecule has 2 saturated carbocycles. The van der Waals surface area contributed by atoms with Gasteiger partial charge in [0.2, 0.25) is 0 Å². The summed E-state index contributed by atoms with van der Waals surface area (Å²) in [6.07, 6.45) is 0. The third-order valence-corrected chi connectivity index (χ3v) is 6.84. The second kappa shape index (κ2) is 16.9. The van der Waals surface area contributed by atoms with Crippen LogP contribution < -0.4 is 0 Å². The average Bonchev–Trinajstić information content (AvgIpc) is 3.12. The molecule has 0 aromatic heterocycles. The van der Waals surface area contributed by atoms with Gasteiger partial charge < -0.3 is 0 Å². The predicted octanol–water partition coefficient (Wildman–Crippen LogP) is 8.91. The topological polar surface area (TPSA) is 0 Å². The summed E-state index contributed by atoms with van der Waals surface area (Å²) < 4.78 is 0. The van der Waals surface area contributed by atoms with Gasteiger partial charge >= 0.3 is 26.2 Å². The van der Waals surface area contributed by atoms with Gasteiger partial charge in [-0.2, -0.15) is 72.8 Å². The van der Waals surface area contributed by atoms with E-state index in [2.05, 4.69) is 81.4 Å². The summed E-state index contributed by atoms with van der Waals surface area (Å²) in [5.41, 5.74) is 0. The van der Waals surface area contributed by atoms with Crippen LogP contribution in [0, 0.1) is 71.3 Å². The van der Waals surface area contributed by atoms with Crippen LogP contribution in [0.4, 0.5) is 0 Å². The average molecular weight is 516 g/mol. The molecule has 0 unspecified atom stereocenters. The van der Waals surface area contributed by atoms with E-state index in [-0.39, 0.29) is 26.2 Å². The molecule has 0 amide bonds. The Morgan fingerprint density at radius 2 is 0.455 bits per heavy atom. The maximum absolute atomic E-state index is 2.89. The molecule has 2 aromatic carbocycles. The summed E-state index contributed by atoms with van der Waals surface area (Å²) >= 11 is 0. The monoisotopic (exact) mass is 514 g/mol. The number of benzene rings is 2. The molecule has 0 N–H and O–H groups in total. The van der Waals surface area contributed by atoms with Gasteiger partial charge in [-0.3, -0.25) is 0 Å². The largest absolute Gasteiger partial charge is 4.00 e. The molecule has 2 aliphatic carbocycles.